The maximum atomic E-state index is 11.5. The smallest absolute Gasteiger partial charge is 0.309 e. The second-order valence-corrected chi connectivity index (χ2v) is 4.67. The van der Waals surface area contributed by atoms with Gasteiger partial charge in [0.2, 0.25) is 0 Å². The van der Waals surface area contributed by atoms with Crippen LogP contribution in [0.15, 0.2) is 30.3 Å². The largest absolute Gasteiger partial charge is 0.469 e. The van der Waals surface area contributed by atoms with E-state index in [0.717, 1.165) is 25.9 Å². The van der Waals surface area contributed by atoms with Crippen molar-refractivity contribution in [3.8, 4) is 0 Å². The van der Waals surface area contributed by atoms with Gasteiger partial charge in [-0.25, -0.2) is 0 Å². The molecule has 1 aliphatic heterocycles. The Morgan fingerprint density at radius 3 is 2.82 bits per heavy atom. The van der Waals surface area contributed by atoms with E-state index in [-0.39, 0.29) is 11.9 Å². The lowest BCUT2D eigenvalue weighted by molar-refractivity contribution is -0.146. The third-order valence-electron chi connectivity index (χ3n) is 3.34. The van der Waals surface area contributed by atoms with Crippen LogP contribution in [0.2, 0.25) is 0 Å². The van der Waals surface area contributed by atoms with Gasteiger partial charge in [-0.1, -0.05) is 30.3 Å². The summed E-state index contributed by atoms with van der Waals surface area (Å²) in [6, 6.07) is 10.4. The Bertz CT molecular complexity index is 364. The van der Waals surface area contributed by atoms with Crippen molar-refractivity contribution in [2.45, 2.75) is 12.8 Å². The second kappa shape index (κ2) is 5.82. The van der Waals surface area contributed by atoms with Gasteiger partial charge in [0, 0.05) is 6.54 Å². The Labute approximate surface area is 102 Å². The first kappa shape index (κ1) is 12.1. The van der Waals surface area contributed by atoms with Crippen LogP contribution in [-0.2, 0) is 16.0 Å². The van der Waals surface area contributed by atoms with Gasteiger partial charge in [0.1, 0.15) is 0 Å². The summed E-state index contributed by atoms with van der Waals surface area (Å²) < 4.78 is 4.81. The average molecular weight is 233 g/mol. The number of hydrogen-bond donors (Lipinski definition) is 1. The quantitative estimate of drug-likeness (QED) is 0.806. The highest BCUT2D eigenvalue weighted by atomic mass is 16.5. The first-order chi connectivity index (χ1) is 8.29. The number of methoxy groups -OCH3 is 1. The van der Waals surface area contributed by atoms with E-state index < -0.39 is 0 Å². The zero-order valence-electron chi connectivity index (χ0n) is 10.2. The maximum Gasteiger partial charge on any atom is 0.309 e. The lowest BCUT2D eigenvalue weighted by Crippen LogP contribution is -2.40. The summed E-state index contributed by atoms with van der Waals surface area (Å²) in [6.07, 6.45) is 1.95. The van der Waals surface area contributed by atoms with Crippen LogP contribution in [0.5, 0.6) is 0 Å². The van der Waals surface area contributed by atoms with E-state index in [9.17, 15) is 4.79 Å². The lowest BCUT2D eigenvalue weighted by atomic mass is 9.86. The van der Waals surface area contributed by atoms with Crippen molar-refractivity contribution in [2.75, 3.05) is 20.2 Å². The van der Waals surface area contributed by atoms with Crippen LogP contribution in [0, 0.1) is 11.8 Å². The Morgan fingerprint density at radius 2 is 2.12 bits per heavy atom. The fourth-order valence-electron chi connectivity index (χ4n) is 2.48. The summed E-state index contributed by atoms with van der Waals surface area (Å²) in [6.45, 7) is 1.74. The first-order valence-electron chi connectivity index (χ1n) is 6.12. The maximum absolute atomic E-state index is 11.5. The molecule has 1 heterocycles. The fraction of sp³-hybridized carbons (Fsp3) is 0.500. The van der Waals surface area contributed by atoms with Crippen molar-refractivity contribution in [1.82, 2.24) is 5.32 Å². The van der Waals surface area contributed by atoms with Gasteiger partial charge in [0.05, 0.1) is 13.0 Å². The standard InChI is InChI=1S/C14H19NO2/c1-17-14(16)13-8-12(9-15-10-13)7-11-5-3-2-4-6-11/h2-6,12-13,15H,7-10H2,1H3. The number of nitrogens with one attached hydrogen (secondary N) is 1. The molecule has 1 aliphatic rings. The van der Waals surface area contributed by atoms with Crippen LogP contribution in [-0.4, -0.2) is 26.2 Å². The fourth-order valence-corrected chi connectivity index (χ4v) is 2.48. The zero-order chi connectivity index (χ0) is 12.1. The molecule has 1 saturated heterocycles. The van der Waals surface area contributed by atoms with Gasteiger partial charge in [0.25, 0.3) is 0 Å². The monoisotopic (exact) mass is 233 g/mol. The highest BCUT2D eigenvalue weighted by Gasteiger charge is 2.27. The van der Waals surface area contributed by atoms with Crippen molar-refractivity contribution in [1.29, 1.82) is 0 Å². The van der Waals surface area contributed by atoms with Crippen molar-refractivity contribution in [3.63, 3.8) is 0 Å². The van der Waals surface area contributed by atoms with Gasteiger partial charge >= 0.3 is 5.97 Å². The van der Waals surface area contributed by atoms with Crippen LogP contribution >= 0.6 is 0 Å². The summed E-state index contributed by atoms with van der Waals surface area (Å²) >= 11 is 0. The molecule has 92 valence electrons. The summed E-state index contributed by atoms with van der Waals surface area (Å²) in [5.74, 6) is 0.452. The molecule has 0 amide bonds. The van der Waals surface area contributed by atoms with E-state index in [1.165, 1.54) is 12.7 Å². The van der Waals surface area contributed by atoms with Gasteiger partial charge < -0.3 is 10.1 Å². The van der Waals surface area contributed by atoms with Gasteiger partial charge in [-0.2, -0.15) is 0 Å². The number of ether oxygens (including phenoxy) is 1. The second-order valence-electron chi connectivity index (χ2n) is 4.67. The van der Waals surface area contributed by atoms with Crippen molar-refractivity contribution < 1.29 is 9.53 Å². The van der Waals surface area contributed by atoms with Gasteiger partial charge in [-0.3, -0.25) is 4.79 Å². The lowest BCUT2D eigenvalue weighted by Gasteiger charge is -2.28. The normalized spacial score (nSPS) is 24.3. The van der Waals surface area contributed by atoms with E-state index in [4.69, 9.17) is 4.74 Å². The van der Waals surface area contributed by atoms with E-state index >= 15 is 0 Å². The minimum atomic E-state index is -0.0877. The van der Waals surface area contributed by atoms with Crippen LogP contribution in [0.3, 0.4) is 0 Å². The molecule has 0 spiro atoms. The van der Waals surface area contributed by atoms with Crippen molar-refractivity contribution in [2.24, 2.45) is 11.8 Å². The van der Waals surface area contributed by atoms with Gasteiger partial charge in [-0.15, -0.1) is 0 Å². The molecule has 2 atom stereocenters. The van der Waals surface area contributed by atoms with Crippen LogP contribution in [0.4, 0.5) is 0 Å². The molecule has 0 bridgehead atoms. The Balaban J connectivity index is 1.92. The molecule has 2 rings (SSSR count). The Hall–Kier alpha value is -1.35. The third-order valence-corrected chi connectivity index (χ3v) is 3.34. The van der Waals surface area contributed by atoms with Crippen LogP contribution in [0.25, 0.3) is 0 Å². The van der Waals surface area contributed by atoms with Crippen molar-refractivity contribution >= 4 is 5.97 Å². The predicted molar refractivity (Wildman–Crippen MR) is 66.6 cm³/mol. The molecule has 0 radical (unpaired) electrons. The Morgan fingerprint density at radius 1 is 1.35 bits per heavy atom. The first-order valence-corrected chi connectivity index (χ1v) is 6.12. The molecule has 3 heteroatoms. The number of carbonyl (C=O) groups excluding carboxylic acids is 1. The molecular formula is C14H19NO2. The minimum absolute atomic E-state index is 0.0162. The highest BCUT2D eigenvalue weighted by molar-refractivity contribution is 5.72. The van der Waals surface area contributed by atoms with Gasteiger partial charge in [0.15, 0.2) is 0 Å². The number of rotatable bonds is 3. The Kier molecular flexibility index (Phi) is 4.15. The summed E-state index contributed by atoms with van der Waals surface area (Å²) in [5, 5.41) is 3.32. The number of hydrogen-bond acceptors (Lipinski definition) is 3. The molecule has 1 N–H and O–H groups in total. The molecule has 3 nitrogen and oxygen atoms in total. The summed E-state index contributed by atoms with van der Waals surface area (Å²) in [7, 11) is 1.46. The molecule has 0 aliphatic carbocycles. The van der Waals surface area contributed by atoms with E-state index in [1.54, 1.807) is 0 Å². The molecule has 0 saturated carbocycles. The predicted octanol–water partition coefficient (Wildman–Crippen LogP) is 1.63. The summed E-state index contributed by atoms with van der Waals surface area (Å²) in [4.78, 5) is 11.5. The molecule has 1 fully saturated rings. The number of carbonyl (C=O) groups is 1. The van der Waals surface area contributed by atoms with Crippen LogP contribution in [0.1, 0.15) is 12.0 Å². The third kappa shape index (κ3) is 3.30. The summed E-state index contributed by atoms with van der Waals surface area (Å²) in [5.41, 5.74) is 1.34. The van der Waals surface area contributed by atoms with E-state index in [2.05, 4.69) is 29.6 Å². The molecule has 2 unspecified atom stereocenters. The van der Waals surface area contributed by atoms with E-state index in [0.29, 0.717) is 5.92 Å². The zero-order valence-corrected chi connectivity index (χ0v) is 10.2. The molecule has 1 aromatic carbocycles. The average Bonchev–Trinajstić information content (AvgIpc) is 2.39. The molecular weight excluding hydrogens is 214 g/mol. The minimum Gasteiger partial charge on any atom is -0.469 e. The van der Waals surface area contributed by atoms with Gasteiger partial charge in [-0.05, 0) is 30.9 Å². The SMILES string of the molecule is COC(=O)C1CNCC(Cc2ccccc2)C1. The number of piperidine rings is 1. The molecule has 17 heavy (non-hydrogen) atoms. The molecule has 1 aromatic rings. The van der Waals surface area contributed by atoms with Crippen LogP contribution < -0.4 is 5.32 Å². The van der Waals surface area contributed by atoms with Crippen molar-refractivity contribution in [3.05, 3.63) is 35.9 Å². The van der Waals surface area contributed by atoms with E-state index in [1.807, 2.05) is 6.07 Å². The number of esters is 1. The number of benzene rings is 1. The molecule has 0 aromatic heterocycles. The highest BCUT2D eigenvalue weighted by Crippen LogP contribution is 2.21. The topological polar surface area (TPSA) is 38.3 Å².